The Morgan fingerprint density at radius 3 is 2.46 bits per heavy atom. The maximum absolute atomic E-state index is 12.3. The molecule has 144 valence electrons. The highest BCUT2D eigenvalue weighted by atomic mass is 79.9. The molecule has 3 rings (SSSR count). The zero-order chi connectivity index (χ0) is 20.3. The summed E-state index contributed by atoms with van der Waals surface area (Å²) in [6.07, 6.45) is 1.46. The summed E-state index contributed by atoms with van der Waals surface area (Å²) in [5.41, 5.74) is 1.51. The van der Waals surface area contributed by atoms with Gasteiger partial charge in [-0.2, -0.15) is 0 Å². The number of carboxylic acid groups (broad SMARTS) is 1. The van der Waals surface area contributed by atoms with Crippen molar-refractivity contribution in [3.8, 4) is 5.75 Å². The third-order valence-corrected chi connectivity index (χ3v) is 4.86. The van der Waals surface area contributed by atoms with Crippen LogP contribution in [0.1, 0.15) is 11.1 Å². The molecule has 1 saturated heterocycles. The van der Waals surface area contributed by atoms with Gasteiger partial charge in [-0.05, 0) is 42.0 Å². The summed E-state index contributed by atoms with van der Waals surface area (Å²) in [6, 6.07) is 12.2. The van der Waals surface area contributed by atoms with Crippen LogP contribution in [0, 0.1) is 0 Å². The number of halogens is 2. The maximum Gasteiger partial charge on any atom is 0.329 e. The van der Waals surface area contributed by atoms with E-state index >= 15 is 0 Å². The fraction of sp³-hybridized carbons (Fsp3) is 0.105. The lowest BCUT2D eigenvalue weighted by Crippen LogP contribution is -2.35. The van der Waals surface area contributed by atoms with Crippen LogP contribution in [0.4, 0.5) is 4.79 Å². The lowest BCUT2D eigenvalue weighted by atomic mass is 10.1. The van der Waals surface area contributed by atoms with Crippen molar-refractivity contribution in [2.45, 2.75) is 6.61 Å². The molecule has 0 aromatic heterocycles. The number of rotatable bonds is 6. The van der Waals surface area contributed by atoms with Gasteiger partial charge >= 0.3 is 12.0 Å². The first-order valence-electron chi connectivity index (χ1n) is 8.06. The van der Waals surface area contributed by atoms with Gasteiger partial charge in [0.2, 0.25) is 0 Å². The molecule has 0 atom stereocenters. The number of ether oxygens (including phenoxy) is 1. The Hall–Kier alpha value is -2.65. The molecule has 2 aromatic carbocycles. The fourth-order valence-electron chi connectivity index (χ4n) is 2.51. The minimum Gasteiger partial charge on any atom is -0.488 e. The van der Waals surface area contributed by atoms with Crippen LogP contribution >= 0.6 is 31.9 Å². The number of carbonyl (C=O) groups is 3. The number of nitrogens with one attached hydrogen (secondary N) is 1. The van der Waals surface area contributed by atoms with E-state index in [9.17, 15) is 14.4 Å². The van der Waals surface area contributed by atoms with Gasteiger partial charge in [-0.15, -0.1) is 0 Å². The standard InChI is InChI=1S/C19H14Br2N2O5/c20-13-3-1-11(2-4-13)10-28-16-6-5-14(21)7-12(16)8-15-18(26)23(9-17(24)25)19(27)22-15/h1-8H,9-10H2,(H,22,27)(H,24,25)/b15-8+. The van der Waals surface area contributed by atoms with E-state index in [0.717, 1.165) is 14.5 Å². The van der Waals surface area contributed by atoms with Crippen LogP contribution in [0.5, 0.6) is 5.75 Å². The van der Waals surface area contributed by atoms with Gasteiger partial charge in [-0.1, -0.05) is 44.0 Å². The molecule has 1 aliphatic heterocycles. The number of hydrogen-bond acceptors (Lipinski definition) is 4. The van der Waals surface area contributed by atoms with Gasteiger partial charge in [0, 0.05) is 14.5 Å². The van der Waals surface area contributed by atoms with Gasteiger partial charge in [0.1, 0.15) is 24.6 Å². The molecule has 1 heterocycles. The summed E-state index contributed by atoms with van der Waals surface area (Å²) in [5, 5.41) is 11.2. The third-order valence-electron chi connectivity index (χ3n) is 3.83. The number of urea groups is 1. The zero-order valence-electron chi connectivity index (χ0n) is 14.3. The summed E-state index contributed by atoms with van der Waals surface area (Å²) < 4.78 is 7.59. The molecule has 9 heteroatoms. The third kappa shape index (κ3) is 4.79. The van der Waals surface area contributed by atoms with Crippen LogP contribution in [-0.4, -0.2) is 34.5 Å². The molecular weight excluding hydrogens is 496 g/mol. The van der Waals surface area contributed by atoms with Crippen molar-refractivity contribution in [3.05, 3.63) is 68.2 Å². The highest BCUT2D eigenvalue weighted by Crippen LogP contribution is 2.27. The number of nitrogens with zero attached hydrogens (tertiary/aromatic N) is 1. The van der Waals surface area contributed by atoms with Gasteiger partial charge in [0.05, 0.1) is 0 Å². The molecule has 2 aromatic rings. The van der Waals surface area contributed by atoms with Crippen molar-refractivity contribution in [1.82, 2.24) is 10.2 Å². The second-order valence-electron chi connectivity index (χ2n) is 5.87. The van der Waals surface area contributed by atoms with Crippen molar-refractivity contribution < 1.29 is 24.2 Å². The maximum atomic E-state index is 12.3. The molecule has 0 unspecified atom stereocenters. The first kappa shape index (κ1) is 20.1. The normalized spacial score (nSPS) is 15.1. The molecule has 2 N–H and O–H groups in total. The molecular formula is C19H14Br2N2O5. The molecule has 7 nitrogen and oxygen atoms in total. The number of imide groups is 1. The first-order valence-corrected chi connectivity index (χ1v) is 9.65. The van der Waals surface area contributed by atoms with Crippen molar-refractivity contribution in [2.24, 2.45) is 0 Å². The molecule has 0 saturated carbocycles. The Morgan fingerprint density at radius 2 is 1.79 bits per heavy atom. The van der Waals surface area contributed by atoms with Crippen LogP contribution in [0.15, 0.2) is 57.1 Å². The quantitative estimate of drug-likeness (QED) is 0.456. The predicted molar refractivity (Wildman–Crippen MR) is 108 cm³/mol. The summed E-state index contributed by atoms with van der Waals surface area (Å²) >= 11 is 6.75. The van der Waals surface area contributed by atoms with E-state index in [2.05, 4.69) is 37.2 Å². The number of carboxylic acids is 1. The second-order valence-corrected chi connectivity index (χ2v) is 7.70. The summed E-state index contributed by atoms with van der Waals surface area (Å²) in [7, 11) is 0. The summed E-state index contributed by atoms with van der Waals surface area (Å²) in [6.45, 7) is -0.385. The highest BCUT2D eigenvalue weighted by molar-refractivity contribution is 9.10. The average Bonchev–Trinajstić information content (AvgIpc) is 2.89. The van der Waals surface area contributed by atoms with Crippen LogP contribution in [0.25, 0.3) is 6.08 Å². The van der Waals surface area contributed by atoms with Crippen molar-refractivity contribution in [1.29, 1.82) is 0 Å². The lowest BCUT2D eigenvalue weighted by molar-refractivity contribution is -0.140. The molecule has 0 spiro atoms. The largest absolute Gasteiger partial charge is 0.488 e. The Bertz CT molecular complexity index is 973. The molecule has 1 fully saturated rings. The number of carbonyl (C=O) groups excluding carboxylic acids is 2. The summed E-state index contributed by atoms with van der Waals surface area (Å²) in [4.78, 5) is 35.6. The minimum atomic E-state index is -1.27. The van der Waals surface area contributed by atoms with Crippen LogP contribution in [-0.2, 0) is 16.2 Å². The zero-order valence-corrected chi connectivity index (χ0v) is 17.5. The number of aliphatic carboxylic acids is 1. The van der Waals surface area contributed by atoms with Crippen molar-refractivity contribution >= 4 is 55.8 Å². The monoisotopic (exact) mass is 508 g/mol. The summed E-state index contributed by atoms with van der Waals surface area (Å²) in [5.74, 6) is -1.46. The molecule has 0 bridgehead atoms. The van der Waals surface area contributed by atoms with Gasteiger partial charge in [-0.25, -0.2) is 9.69 Å². The SMILES string of the molecule is O=C(O)CN1C(=O)N/C(=C/c2cc(Br)ccc2OCc2ccc(Br)cc2)C1=O. The van der Waals surface area contributed by atoms with Gasteiger partial charge in [0.15, 0.2) is 0 Å². The Morgan fingerprint density at radius 1 is 1.11 bits per heavy atom. The average molecular weight is 510 g/mol. The highest BCUT2D eigenvalue weighted by Gasteiger charge is 2.35. The fourth-order valence-corrected chi connectivity index (χ4v) is 3.15. The Balaban J connectivity index is 1.83. The predicted octanol–water partition coefficient (Wildman–Crippen LogP) is 3.77. The topological polar surface area (TPSA) is 95.9 Å². The van der Waals surface area contributed by atoms with E-state index in [0.29, 0.717) is 22.8 Å². The van der Waals surface area contributed by atoms with E-state index in [1.807, 2.05) is 24.3 Å². The van der Waals surface area contributed by atoms with E-state index in [4.69, 9.17) is 9.84 Å². The van der Waals surface area contributed by atoms with Crippen molar-refractivity contribution in [3.63, 3.8) is 0 Å². The van der Waals surface area contributed by atoms with E-state index in [-0.39, 0.29) is 5.70 Å². The van der Waals surface area contributed by atoms with Gasteiger partial charge in [0.25, 0.3) is 5.91 Å². The number of amides is 3. The van der Waals surface area contributed by atoms with Crippen molar-refractivity contribution in [2.75, 3.05) is 6.54 Å². The molecule has 1 aliphatic rings. The molecule has 3 amide bonds. The van der Waals surface area contributed by atoms with E-state index < -0.39 is 24.5 Å². The van der Waals surface area contributed by atoms with Gasteiger partial charge < -0.3 is 15.2 Å². The van der Waals surface area contributed by atoms with Gasteiger partial charge in [-0.3, -0.25) is 9.59 Å². The Kier molecular flexibility index (Phi) is 6.15. The van der Waals surface area contributed by atoms with E-state index in [1.54, 1.807) is 18.2 Å². The number of hydrogen-bond donors (Lipinski definition) is 2. The number of benzene rings is 2. The Labute approximate surface area is 177 Å². The first-order chi connectivity index (χ1) is 13.3. The smallest absolute Gasteiger partial charge is 0.329 e. The molecule has 28 heavy (non-hydrogen) atoms. The second kappa shape index (κ2) is 8.57. The van der Waals surface area contributed by atoms with Crippen LogP contribution < -0.4 is 10.1 Å². The van der Waals surface area contributed by atoms with Crippen LogP contribution in [0.3, 0.4) is 0 Å². The lowest BCUT2D eigenvalue weighted by Gasteiger charge is -2.11. The molecule has 0 aliphatic carbocycles. The molecule has 0 radical (unpaired) electrons. The van der Waals surface area contributed by atoms with E-state index in [1.165, 1.54) is 6.08 Å². The van der Waals surface area contributed by atoms with Crippen LogP contribution in [0.2, 0.25) is 0 Å². The minimum absolute atomic E-state index is 0.0159.